The van der Waals surface area contributed by atoms with Crippen molar-refractivity contribution >= 4 is 11.8 Å². The van der Waals surface area contributed by atoms with Crippen LogP contribution in [0.3, 0.4) is 0 Å². The van der Waals surface area contributed by atoms with E-state index in [0.29, 0.717) is 10.8 Å². The molecule has 166 valence electrons. The van der Waals surface area contributed by atoms with Crippen LogP contribution in [0, 0.1) is 46.3 Å². The fraction of sp³-hybridized carbons (Fsp3) is 0.929. The van der Waals surface area contributed by atoms with E-state index in [1.807, 2.05) is 5.57 Å². The third-order valence-corrected chi connectivity index (χ3v) is 11.7. The highest BCUT2D eigenvalue weighted by atomic mass is 32.2. The molecule has 0 aromatic carbocycles. The number of fused-ring (bicyclic) bond motifs is 5. The maximum Gasteiger partial charge on any atom is 0.00819 e. The van der Waals surface area contributed by atoms with Gasteiger partial charge in [-0.1, -0.05) is 65.5 Å². The van der Waals surface area contributed by atoms with Gasteiger partial charge in [-0.2, -0.15) is 11.8 Å². The van der Waals surface area contributed by atoms with Crippen LogP contribution in [0.1, 0.15) is 105 Å². The van der Waals surface area contributed by atoms with Crippen LogP contribution in [0.2, 0.25) is 0 Å². The SMILES string of the molecule is CS[C@H]1CC[C@@]2(C)C(=CC[C@@H]3[C@H]4CC[C@@H]([C@H](C)CCCC(C)C)[C@]4(C)CC[C@H]32)C1. The molecule has 4 rings (SSSR count). The van der Waals surface area contributed by atoms with Crippen LogP contribution >= 0.6 is 11.8 Å². The smallest absolute Gasteiger partial charge is 0.00819 e. The standard InChI is InChI=1S/C28H48S/c1-19(2)8-7-9-20(3)24-12-13-25-23-11-10-21-18-22(29-6)14-16-27(21,4)26(23)15-17-28(24,25)5/h10,19-20,22-26H,7-9,11-18H2,1-6H3/t20-,22+,23-,24+,25-,26-,27+,28+/m1/s1. The molecule has 0 aromatic heterocycles. The van der Waals surface area contributed by atoms with Gasteiger partial charge in [-0.3, -0.25) is 0 Å². The Morgan fingerprint density at radius 3 is 2.52 bits per heavy atom. The molecule has 0 aromatic rings. The van der Waals surface area contributed by atoms with E-state index in [4.69, 9.17) is 0 Å². The van der Waals surface area contributed by atoms with Gasteiger partial charge < -0.3 is 0 Å². The zero-order valence-electron chi connectivity index (χ0n) is 20.3. The maximum atomic E-state index is 2.76. The van der Waals surface area contributed by atoms with Crippen LogP contribution in [-0.4, -0.2) is 11.5 Å². The van der Waals surface area contributed by atoms with E-state index >= 15 is 0 Å². The summed E-state index contributed by atoms with van der Waals surface area (Å²) in [6, 6.07) is 0. The van der Waals surface area contributed by atoms with Gasteiger partial charge in [0.1, 0.15) is 0 Å². The van der Waals surface area contributed by atoms with Crippen molar-refractivity contribution in [2.24, 2.45) is 46.3 Å². The molecular weight excluding hydrogens is 368 g/mol. The van der Waals surface area contributed by atoms with Crippen molar-refractivity contribution in [1.29, 1.82) is 0 Å². The van der Waals surface area contributed by atoms with E-state index in [-0.39, 0.29) is 0 Å². The van der Waals surface area contributed by atoms with Gasteiger partial charge >= 0.3 is 0 Å². The van der Waals surface area contributed by atoms with Crippen LogP contribution in [0.5, 0.6) is 0 Å². The Kier molecular flexibility index (Phi) is 6.57. The Morgan fingerprint density at radius 1 is 1.00 bits per heavy atom. The normalized spacial score (nSPS) is 45.3. The number of allylic oxidation sites excluding steroid dienone is 2. The highest BCUT2D eigenvalue weighted by Gasteiger charge is 2.59. The van der Waals surface area contributed by atoms with Gasteiger partial charge in [0.05, 0.1) is 0 Å². The summed E-state index contributed by atoms with van der Waals surface area (Å²) in [6.07, 6.45) is 21.2. The van der Waals surface area contributed by atoms with Gasteiger partial charge in [0.2, 0.25) is 0 Å². The van der Waals surface area contributed by atoms with E-state index < -0.39 is 0 Å². The van der Waals surface area contributed by atoms with Crippen molar-refractivity contribution in [1.82, 2.24) is 0 Å². The zero-order valence-corrected chi connectivity index (χ0v) is 21.1. The van der Waals surface area contributed by atoms with Crippen molar-refractivity contribution in [3.63, 3.8) is 0 Å². The second kappa shape index (κ2) is 8.55. The first-order valence-corrected chi connectivity index (χ1v) is 14.3. The van der Waals surface area contributed by atoms with E-state index in [2.05, 4.69) is 58.7 Å². The summed E-state index contributed by atoms with van der Waals surface area (Å²) < 4.78 is 0. The van der Waals surface area contributed by atoms with Crippen LogP contribution in [0.25, 0.3) is 0 Å². The number of rotatable bonds is 6. The molecule has 0 aliphatic heterocycles. The fourth-order valence-electron chi connectivity index (χ4n) is 8.85. The predicted molar refractivity (Wildman–Crippen MR) is 130 cm³/mol. The maximum absolute atomic E-state index is 2.76. The van der Waals surface area contributed by atoms with E-state index in [0.717, 1.165) is 40.8 Å². The second-order valence-electron chi connectivity index (χ2n) is 12.4. The molecule has 3 saturated carbocycles. The van der Waals surface area contributed by atoms with Crippen molar-refractivity contribution < 1.29 is 0 Å². The first kappa shape index (κ1) is 22.3. The lowest BCUT2D eigenvalue weighted by molar-refractivity contribution is -0.0497. The Labute approximate surface area is 186 Å². The van der Waals surface area contributed by atoms with Crippen molar-refractivity contribution in [2.75, 3.05) is 6.26 Å². The van der Waals surface area contributed by atoms with Crippen LogP contribution in [0.15, 0.2) is 11.6 Å². The molecule has 0 spiro atoms. The van der Waals surface area contributed by atoms with Crippen molar-refractivity contribution in [3.05, 3.63) is 11.6 Å². The average molecular weight is 417 g/mol. The molecule has 0 bridgehead atoms. The molecule has 8 atom stereocenters. The van der Waals surface area contributed by atoms with Gasteiger partial charge in [-0.05, 0) is 104 Å². The lowest BCUT2D eigenvalue weighted by Gasteiger charge is -2.58. The molecule has 0 heterocycles. The Morgan fingerprint density at radius 2 is 1.79 bits per heavy atom. The van der Waals surface area contributed by atoms with E-state index in [1.54, 1.807) is 0 Å². The topological polar surface area (TPSA) is 0 Å². The van der Waals surface area contributed by atoms with Crippen LogP contribution < -0.4 is 0 Å². The number of thioether (sulfide) groups is 1. The molecular formula is C28H48S. The first-order chi connectivity index (χ1) is 13.8. The third-order valence-electron chi connectivity index (χ3n) is 10.6. The second-order valence-corrected chi connectivity index (χ2v) is 13.5. The van der Waals surface area contributed by atoms with Crippen molar-refractivity contribution in [3.8, 4) is 0 Å². The molecule has 0 radical (unpaired) electrons. The Bertz CT molecular complexity index is 605. The number of hydrogen-bond acceptors (Lipinski definition) is 1. The minimum absolute atomic E-state index is 0.539. The van der Waals surface area contributed by atoms with Gasteiger partial charge in [0, 0.05) is 5.25 Å². The molecule has 0 nitrogen and oxygen atoms in total. The van der Waals surface area contributed by atoms with Crippen LogP contribution in [0.4, 0.5) is 0 Å². The molecule has 0 unspecified atom stereocenters. The summed E-state index contributed by atoms with van der Waals surface area (Å²) >= 11 is 2.12. The average Bonchev–Trinajstić information content (AvgIpc) is 3.04. The Hall–Kier alpha value is 0.0900. The molecule has 3 fully saturated rings. The molecule has 0 N–H and O–H groups in total. The zero-order chi connectivity index (χ0) is 20.8. The minimum Gasteiger partial charge on any atom is -0.162 e. The summed E-state index contributed by atoms with van der Waals surface area (Å²) in [4.78, 5) is 0. The lowest BCUT2D eigenvalue weighted by Crippen LogP contribution is -2.50. The third kappa shape index (κ3) is 3.89. The fourth-order valence-corrected chi connectivity index (χ4v) is 9.55. The van der Waals surface area contributed by atoms with Gasteiger partial charge in [-0.15, -0.1) is 0 Å². The lowest BCUT2D eigenvalue weighted by atomic mass is 9.47. The van der Waals surface area contributed by atoms with E-state index in [9.17, 15) is 0 Å². The molecule has 29 heavy (non-hydrogen) atoms. The highest BCUT2D eigenvalue weighted by molar-refractivity contribution is 7.99. The predicted octanol–water partition coefficient (Wildman–Crippen LogP) is 8.76. The monoisotopic (exact) mass is 416 g/mol. The Balaban J connectivity index is 1.48. The summed E-state index contributed by atoms with van der Waals surface area (Å²) in [5, 5.41) is 0.891. The molecule has 4 aliphatic carbocycles. The number of hydrogen-bond donors (Lipinski definition) is 0. The van der Waals surface area contributed by atoms with Gasteiger partial charge in [-0.25, -0.2) is 0 Å². The van der Waals surface area contributed by atoms with Gasteiger partial charge in [0.15, 0.2) is 0 Å². The molecule has 0 saturated heterocycles. The largest absolute Gasteiger partial charge is 0.162 e. The minimum atomic E-state index is 0.539. The summed E-state index contributed by atoms with van der Waals surface area (Å²) in [5.41, 5.74) is 3.04. The molecule has 4 aliphatic rings. The molecule has 0 amide bonds. The van der Waals surface area contributed by atoms with Crippen LogP contribution in [-0.2, 0) is 0 Å². The quantitative estimate of drug-likeness (QED) is 0.390. The highest BCUT2D eigenvalue weighted by Crippen LogP contribution is 2.67. The summed E-state index contributed by atoms with van der Waals surface area (Å²) in [5.74, 6) is 5.77. The van der Waals surface area contributed by atoms with E-state index in [1.165, 1.54) is 70.6 Å². The first-order valence-electron chi connectivity index (χ1n) is 13.0. The summed E-state index contributed by atoms with van der Waals surface area (Å²) in [6.45, 7) is 12.8. The van der Waals surface area contributed by atoms with Gasteiger partial charge in [0.25, 0.3) is 0 Å². The van der Waals surface area contributed by atoms with Crippen molar-refractivity contribution in [2.45, 2.75) is 110 Å². The molecule has 1 heteroatoms. The summed E-state index contributed by atoms with van der Waals surface area (Å²) in [7, 11) is 0.